The first-order chi connectivity index (χ1) is 17.4. The summed E-state index contributed by atoms with van der Waals surface area (Å²) in [5.74, 6) is -0.376. The van der Waals surface area contributed by atoms with Gasteiger partial charge in [0, 0.05) is 29.9 Å². The minimum Gasteiger partial charge on any atom is -0.444 e. The molecule has 1 saturated carbocycles. The van der Waals surface area contributed by atoms with Crippen molar-refractivity contribution < 1.29 is 14.3 Å². The highest BCUT2D eigenvalue weighted by Crippen LogP contribution is 2.55. The molecule has 1 spiro atoms. The molecule has 1 aromatic carbocycles. The van der Waals surface area contributed by atoms with E-state index in [0.717, 1.165) is 24.8 Å². The van der Waals surface area contributed by atoms with Crippen LogP contribution in [0.15, 0.2) is 36.7 Å². The van der Waals surface area contributed by atoms with Gasteiger partial charge in [0.1, 0.15) is 22.7 Å². The molecule has 0 bridgehead atoms. The largest absolute Gasteiger partial charge is 0.444 e. The molecule has 10 nitrogen and oxygen atoms in total. The summed E-state index contributed by atoms with van der Waals surface area (Å²) in [5.41, 5.74) is 13.9. The molecule has 11 heteroatoms. The molecule has 0 atom stereocenters. The Bertz CT molecular complexity index is 1350. The number of rotatable bonds is 5. The molecular weight excluding hydrogens is 494 g/mol. The maximum atomic E-state index is 12.5. The molecule has 196 valence electrons. The fourth-order valence-corrected chi connectivity index (χ4v) is 5.64. The highest BCUT2D eigenvalue weighted by atomic mass is 35.5. The lowest BCUT2D eigenvalue weighted by molar-refractivity contribution is 0.0187. The molecule has 1 saturated heterocycles. The minimum absolute atomic E-state index is 0.00878. The number of hydrogen-bond donors (Lipinski definition) is 2. The smallest absolute Gasteiger partial charge is 0.410 e. The standard InChI is InChI=1S/C26H32ClN7O3/c1-25(2,3)37-24(36)32-8-7-26(15-32)10-19(11-26)34-22(28)20(23(29)35)21(31-34)17-12-30-33(14-17)13-16-5-4-6-18(27)9-16/h4-6,9,12,14,19H,7-8,10-11,13,15,28H2,1-3H3,(H2,29,35)/t19-,26-. The minimum atomic E-state index is -0.632. The van der Waals surface area contributed by atoms with Crippen LogP contribution in [0.25, 0.3) is 11.3 Å². The number of anilines is 1. The number of likely N-dealkylation sites (tertiary alicyclic amines) is 1. The molecule has 37 heavy (non-hydrogen) atoms. The number of amides is 2. The van der Waals surface area contributed by atoms with Crippen molar-refractivity contribution in [3.05, 3.63) is 52.8 Å². The van der Waals surface area contributed by atoms with Gasteiger partial charge in [-0.1, -0.05) is 23.7 Å². The fraction of sp³-hybridized carbons (Fsp3) is 0.462. The molecule has 3 heterocycles. The summed E-state index contributed by atoms with van der Waals surface area (Å²) in [6.07, 6.45) is 5.71. The van der Waals surface area contributed by atoms with Gasteiger partial charge in [-0.25, -0.2) is 9.48 Å². The number of aromatic nitrogens is 4. The molecule has 3 aromatic rings. The molecular formula is C26H32ClN7O3. The van der Waals surface area contributed by atoms with Gasteiger partial charge < -0.3 is 21.1 Å². The van der Waals surface area contributed by atoms with Gasteiger partial charge in [-0.2, -0.15) is 10.2 Å². The molecule has 4 N–H and O–H groups in total. The predicted molar refractivity (Wildman–Crippen MR) is 140 cm³/mol. The third kappa shape index (κ3) is 5.02. The zero-order valence-corrected chi connectivity index (χ0v) is 22.0. The lowest BCUT2D eigenvalue weighted by atomic mass is 9.65. The van der Waals surface area contributed by atoms with Gasteiger partial charge in [-0.05, 0) is 63.1 Å². The van der Waals surface area contributed by atoms with Gasteiger partial charge in [-0.15, -0.1) is 0 Å². The van der Waals surface area contributed by atoms with E-state index in [2.05, 4.69) is 5.10 Å². The zero-order valence-electron chi connectivity index (χ0n) is 21.3. The Morgan fingerprint density at radius 3 is 2.70 bits per heavy atom. The maximum absolute atomic E-state index is 12.5. The second kappa shape index (κ2) is 9.09. The molecule has 0 unspecified atom stereocenters. The van der Waals surface area contributed by atoms with Crippen molar-refractivity contribution >= 4 is 29.4 Å². The summed E-state index contributed by atoms with van der Waals surface area (Å²) in [6.45, 7) is 7.43. The number of nitrogen functional groups attached to an aromatic ring is 1. The Kier molecular flexibility index (Phi) is 6.18. The number of carbonyl (C=O) groups is 2. The highest BCUT2D eigenvalue weighted by Gasteiger charge is 2.51. The Morgan fingerprint density at radius 1 is 1.27 bits per heavy atom. The quantitative estimate of drug-likeness (QED) is 0.515. The van der Waals surface area contributed by atoms with Gasteiger partial charge in [0.2, 0.25) is 0 Å². The summed E-state index contributed by atoms with van der Waals surface area (Å²) < 4.78 is 9.00. The van der Waals surface area contributed by atoms with E-state index in [4.69, 9.17) is 32.9 Å². The van der Waals surface area contributed by atoms with Crippen molar-refractivity contribution in [2.45, 2.75) is 58.2 Å². The van der Waals surface area contributed by atoms with E-state index in [-0.39, 0.29) is 28.9 Å². The molecule has 0 radical (unpaired) electrons. The van der Waals surface area contributed by atoms with E-state index < -0.39 is 11.5 Å². The van der Waals surface area contributed by atoms with E-state index in [9.17, 15) is 9.59 Å². The van der Waals surface area contributed by atoms with E-state index in [0.29, 0.717) is 35.9 Å². The van der Waals surface area contributed by atoms with Crippen LogP contribution < -0.4 is 11.5 Å². The highest BCUT2D eigenvalue weighted by molar-refractivity contribution is 6.30. The van der Waals surface area contributed by atoms with Crippen LogP contribution >= 0.6 is 11.6 Å². The number of nitrogens with two attached hydrogens (primary N) is 2. The molecule has 2 aliphatic rings. The lowest BCUT2D eigenvalue weighted by Crippen LogP contribution is -2.43. The first kappa shape index (κ1) is 25.1. The Balaban J connectivity index is 1.32. The van der Waals surface area contributed by atoms with Crippen LogP contribution in [0.4, 0.5) is 10.6 Å². The predicted octanol–water partition coefficient (Wildman–Crippen LogP) is 4.09. The van der Waals surface area contributed by atoms with Crippen LogP contribution in [0, 0.1) is 5.41 Å². The van der Waals surface area contributed by atoms with Gasteiger partial charge in [0.15, 0.2) is 0 Å². The van der Waals surface area contributed by atoms with Crippen molar-refractivity contribution in [3.63, 3.8) is 0 Å². The van der Waals surface area contributed by atoms with Crippen LogP contribution in [0.1, 0.15) is 62.0 Å². The normalized spacial score (nSPS) is 21.3. The van der Waals surface area contributed by atoms with E-state index in [1.54, 1.807) is 20.5 Å². The Labute approximate surface area is 220 Å². The van der Waals surface area contributed by atoms with Crippen LogP contribution in [0.3, 0.4) is 0 Å². The second-order valence-electron chi connectivity index (χ2n) is 11.2. The number of hydrogen-bond acceptors (Lipinski definition) is 6. The number of nitrogens with zero attached hydrogens (tertiary/aromatic N) is 5. The number of ether oxygens (including phenoxy) is 1. The summed E-state index contributed by atoms with van der Waals surface area (Å²) in [7, 11) is 0. The van der Waals surface area contributed by atoms with E-state index >= 15 is 0 Å². The number of primary amides is 1. The van der Waals surface area contributed by atoms with Gasteiger partial charge in [0.05, 0.1) is 18.8 Å². The monoisotopic (exact) mass is 525 g/mol. The van der Waals surface area contributed by atoms with Gasteiger partial charge in [0.25, 0.3) is 5.91 Å². The second-order valence-corrected chi connectivity index (χ2v) is 11.6. The van der Waals surface area contributed by atoms with E-state index in [1.165, 1.54) is 0 Å². The van der Waals surface area contributed by atoms with Crippen molar-refractivity contribution in [1.82, 2.24) is 24.5 Å². The van der Waals surface area contributed by atoms with Crippen LogP contribution in [-0.4, -0.2) is 55.2 Å². The van der Waals surface area contributed by atoms with Crippen molar-refractivity contribution in [1.29, 1.82) is 0 Å². The molecule has 5 rings (SSSR count). The number of carbonyl (C=O) groups excluding carboxylic acids is 2. The van der Waals surface area contributed by atoms with E-state index in [1.807, 2.05) is 51.2 Å². The van der Waals surface area contributed by atoms with Crippen molar-refractivity contribution in [2.75, 3.05) is 18.8 Å². The molecule has 2 fully saturated rings. The third-order valence-corrected chi connectivity index (χ3v) is 7.34. The Morgan fingerprint density at radius 2 is 2.03 bits per heavy atom. The van der Waals surface area contributed by atoms with Crippen LogP contribution in [0.5, 0.6) is 0 Å². The SMILES string of the molecule is CC(C)(C)OC(=O)N1CC[C@]2(C1)C[C@H](n1nc(-c3cnn(Cc4cccc(Cl)c4)c3)c(C(N)=O)c1N)C2. The van der Waals surface area contributed by atoms with Crippen LogP contribution in [0.2, 0.25) is 5.02 Å². The molecule has 2 aromatic heterocycles. The van der Waals surface area contributed by atoms with Crippen molar-refractivity contribution in [3.8, 4) is 11.3 Å². The zero-order chi connectivity index (χ0) is 26.5. The third-order valence-electron chi connectivity index (χ3n) is 7.11. The average molecular weight is 526 g/mol. The van der Waals surface area contributed by atoms with Gasteiger partial charge in [-0.3, -0.25) is 9.48 Å². The lowest BCUT2D eigenvalue weighted by Gasteiger charge is -2.45. The first-order valence-corrected chi connectivity index (χ1v) is 12.7. The first-order valence-electron chi connectivity index (χ1n) is 12.4. The van der Waals surface area contributed by atoms with Crippen LogP contribution in [-0.2, 0) is 11.3 Å². The van der Waals surface area contributed by atoms with Gasteiger partial charge >= 0.3 is 6.09 Å². The van der Waals surface area contributed by atoms with Crippen molar-refractivity contribution in [2.24, 2.45) is 11.1 Å². The fourth-order valence-electron chi connectivity index (χ4n) is 5.43. The number of halogens is 1. The Hall–Kier alpha value is -3.53. The topological polar surface area (TPSA) is 134 Å². The summed E-state index contributed by atoms with van der Waals surface area (Å²) in [4.78, 5) is 26.7. The number of benzene rings is 1. The molecule has 1 aliphatic heterocycles. The summed E-state index contributed by atoms with van der Waals surface area (Å²) >= 11 is 6.10. The summed E-state index contributed by atoms with van der Waals surface area (Å²) in [5, 5.41) is 9.81. The molecule has 2 amide bonds. The maximum Gasteiger partial charge on any atom is 0.410 e. The summed E-state index contributed by atoms with van der Waals surface area (Å²) in [6, 6.07) is 7.57. The average Bonchev–Trinajstić information content (AvgIpc) is 3.48. The molecule has 1 aliphatic carbocycles.